The van der Waals surface area contributed by atoms with Crippen LogP contribution in [0.2, 0.25) is 0 Å². The lowest BCUT2D eigenvalue weighted by molar-refractivity contribution is 0.253. The molecule has 1 unspecified atom stereocenters. The summed E-state index contributed by atoms with van der Waals surface area (Å²) < 4.78 is 23.1. The number of benzene rings is 1. The van der Waals surface area contributed by atoms with Crippen LogP contribution in [0.3, 0.4) is 0 Å². The van der Waals surface area contributed by atoms with E-state index in [4.69, 9.17) is 4.74 Å². The lowest BCUT2D eigenvalue weighted by Gasteiger charge is -2.11. The van der Waals surface area contributed by atoms with Crippen molar-refractivity contribution in [2.24, 2.45) is 0 Å². The maximum atomic E-state index is 13.1. The van der Waals surface area contributed by atoms with Gasteiger partial charge in [-0.3, -0.25) is 0 Å². The molecule has 8 nitrogen and oxygen atoms in total. The number of nitrogens with one attached hydrogen (secondary N) is 1. The van der Waals surface area contributed by atoms with Crippen LogP contribution in [0, 0.1) is 17.7 Å². The maximum Gasteiger partial charge on any atom is 0.237 e. The van der Waals surface area contributed by atoms with Crippen LogP contribution in [-0.4, -0.2) is 43.1 Å². The molecule has 0 saturated heterocycles. The molecule has 4 aromatic rings. The molecule has 0 aliphatic carbocycles. The number of ether oxygens (including phenoxy) is 1. The van der Waals surface area contributed by atoms with Gasteiger partial charge in [0.15, 0.2) is 5.65 Å². The summed E-state index contributed by atoms with van der Waals surface area (Å²) in [7, 11) is 1.53. The Morgan fingerprint density at radius 2 is 2.00 bits per heavy atom. The Labute approximate surface area is 181 Å². The van der Waals surface area contributed by atoms with Crippen molar-refractivity contribution < 1.29 is 14.2 Å². The number of halogens is 1. The highest BCUT2D eigenvalue weighted by Gasteiger charge is 2.12. The normalized spacial score (nSPS) is 11.6. The molecule has 0 fully saturated rings. The SMILES string of the molecule is COc1ncc(-c2ccc3nnc(C#CC(C)O)n3n2)cc1NSc1ccc(F)cc1. The summed E-state index contributed by atoms with van der Waals surface area (Å²) in [4.78, 5) is 5.18. The predicted octanol–water partition coefficient (Wildman–Crippen LogP) is 3.19. The van der Waals surface area contributed by atoms with E-state index in [-0.39, 0.29) is 5.82 Å². The van der Waals surface area contributed by atoms with Gasteiger partial charge >= 0.3 is 0 Å². The number of methoxy groups -OCH3 is 1. The Kier molecular flexibility index (Phi) is 5.97. The Hall–Kier alpha value is -3.68. The summed E-state index contributed by atoms with van der Waals surface area (Å²) in [5, 5.41) is 22.0. The Bertz CT molecular complexity index is 1280. The van der Waals surface area contributed by atoms with Crippen molar-refractivity contribution in [3.63, 3.8) is 0 Å². The molecule has 4 rings (SSSR count). The van der Waals surface area contributed by atoms with E-state index in [1.54, 1.807) is 37.4 Å². The molecular weight excluding hydrogens is 419 g/mol. The molecule has 0 aliphatic heterocycles. The minimum Gasteiger partial charge on any atom is -0.480 e. The quantitative estimate of drug-likeness (QED) is 0.364. The summed E-state index contributed by atoms with van der Waals surface area (Å²) in [6.45, 7) is 1.57. The zero-order chi connectivity index (χ0) is 21.8. The molecule has 1 atom stereocenters. The van der Waals surface area contributed by atoms with E-state index in [0.717, 1.165) is 10.5 Å². The van der Waals surface area contributed by atoms with Crippen LogP contribution >= 0.6 is 11.9 Å². The standard InChI is InChI=1S/C21H17FN6O2S/c1-13(29)3-9-19-24-25-20-10-8-17(26-28(19)20)14-11-18(21(30-2)23-12-14)27-31-16-6-4-15(22)5-7-16/h4-8,10-13,27,29H,1-2H3. The molecular formula is C21H17FN6O2S. The van der Waals surface area contributed by atoms with Gasteiger partial charge in [-0.15, -0.1) is 10.2 Å². The van der Waals surface area contributed by atoms with Gasteiger partial charge in [0.05, 0.1) is 12.8 Å². The first-order valence-electron chi connectivity index (χ1n) is 9.18. The van der Waals surface area contributed by atoms with Gasteiger partial charge in [0.25, 0.3) is 0 Å². The average molecular weight is 436 g/mol. The lowest BCUT2D eigenvalue weighted by atomic mass is 10.2. The van der Waals surface area contributed by atoms with Gasteiger partial charge in [-0.05, 0) is 67.3 Å². The molecule has 3 heterocycles. The number of hydrogen-bond donors (Lipinski definition) is 2. The van der Waals surface area contributed by atoms with Crippen LogP contribution in [-0.2, 0) is 0 Å². The minimum absolute atomic E-state index is 0.293. The molecule has 156 valence electrons. The number of hydrogen-bond acceptors (Lipinski definition) is 8. The van der Waals surface area contributed by atoms with Crippen LogP contribution < -0.4 is 9.46 Å². The number of pyridine rings is 1. The first-order valence-corrected chi connectivity index (χ1v) is 10.00. The van der Waals surface area contributed by atoms with Crippen molar-refractivity contribution >= 4 is 23.3 Å². The van der Waals surface area contributed by atoms with Gasteiger partial charge in [0.2, 0.25) is 11.7 Å². The Balaban J connectivity index is 1.65. The first-order chi connectivity index (χ1) is 15.0. The molecule has 0 bridgehead atoms. The fourth-order valence-corrected chi connectivity index (χ4v) is 3.28. The number of aliphatic hydroxyl groups excluding tert-OH is 1. The summed E-state index contributed by atoms with van der Waals surface area (Å²) in [6, 6.07) is 11.6. The van der Waals surface area contributed by atoms with Crippen LogP contribution in [0.4, 0.5) is 10.1 Å². The predicted molar refractivity (Wildman–Crippen MR) is 115 cm³/mol. The van der Waals surface area contributed by atoms with Crippen molar-refractivity contribution in [3.8, 4) is 29.0 Å². The molecule has 0 saturated carbocycles. The molecule has 0 amide bonds. The zero-order valence-corrected chi connectivity index (χ0v) is 17.4. The Morgan fingerprint density at radius 1 is 1.19 bits per heavy atom. The van der Waals surface area contributed by atoms with Gasteiger partial charge < -0.3 is 14.6 Å². The summed E-state index contributed by atoms with van der Waals surface area (Å²) in [6.07, 6.45) is 0.861. The molecule has 0 radical (unpaired) electrons. The smallest absolute Gasteiger partial charge is 0.237 e. The third-order valence-electron chi connectivity index (χ3n) is 4.09. The molecule has 0 aliphatic rings. The van der Waals surface area contributed by atoms with Crippen LogP contribution in [0.1, 0.15) is 12.7 Å². The van der Waals surface area contributed by atoms with E-state index in [0.29, 0.717) is 28.7 Å². The third kappa shape index (κ3) is 4.74. The van der Waals surface area contributed by atoms with Gasteiger partial charge in [-0.1, -0.05) is 5.92 Å². The maximum absolute atomic E-state index is 13.1. The summed E-state index contributed by atoms with van der Waals surface area (Å²) in [5.74, 6) is 5.84. The van der Waals surface area contributed by atoms with E-state index < -0.39 is 6.10 Å². The second kappa shape index (κ2) is 8.99. The third-order valence-corrected chi connectivity index (χ3v) is 4.92. The monoisotopic (exact) mass is 436 g/mol. The number of aromatic nitrogens is 5. The molecule has 10 heteroatoms. The molecule has 1 aromatic carbocycles. The van der Waals surface area contributed by atoms with Gasteiger partial charge in [0, 0.05) is 16.7 Å². The van der Waals surface area contributed by atoms with Crippen molar-refractivity contribution in [1.82, 2.24) is 24.8 Å². The number of fused-ring (bicyclic) bond motifs is 1. The number of aliphatic hydroxyl groups is 1. The fraction of sp³-hybridized carbons (Fsp3) is 0.143. The van der Waals surface area contributed by atoms with Crippen LogP contribution in [0.5, 0.6) is 5.88 Å². The van der Waals surface area contributed by atoms with Gasteiger partial charge in [0.1, 0.15) is 17.6 Å². The highest BCUT2D eigenvalue weighted by molar-refractivity contribution is 8.00. The van der Waals surface area contributed by atoms with E-state index in [9.17, 15) is 9.50 Å². The van der Waals surface area contributed by atoms with Crippen LogP contribution in [0.25, 0.3) is 16.9 Å². The van der Waals surface area contributed by atoms with Crippen molar-refractivity contribution in [1.29, 1.82) is 0 Å². The molecule has 2 N–H and O–H groups in total. The number of nitrogens with zero attached hydrogens (tertiary/aromatic N) is 5. The lowest BCUT2D eigenvalue weighted by Crippen LogP contribution is -2.00. The van der Waals surface area contributed by atoms with E-state index in [1.807, 2.05) is 6.07 Å². The second-order valence-corrected chi connectivity index (χ2v) is 7.28. The molecule has 31 heavy (non-hydrogen) atoms. The Morgan fingerprint density at radius 3 is 2.74 bits per heavy atom. The topological polar surface area (TPSA) is 97.5 Å². The largest absolute Gasteiger partial charge is 0.480 e. The highest BCUT2D eigenvalue weighted by atomic mass is 32.2. The number of rotatable bonds is 5. The highest BCUT2D eigenvalue weighted by Crippen LogP contribution is 2.31. The van der Waals surface area contributed by atoms with Crippen molar-refractivity contribution in [2.75, 3.05) is 11.8 Å². The zero-order valence-electron chi connectivity index (χ0n) is 16.6. The summed E-state index contributed by atoms with van der Waals surface area (Å²) in [5.41, 5.74) is 2.52. The molecule has 3 aromatic heterocycles. The fourth-order valence-electron chi connectivity index (χ4n) is 2.63. The summed E-state index contributed by atoms with van der Waals surface area (Å²) >= 11 is 1.31. The first kappa shape index (κ1) is 20.6. The van der Waals surface area contributed by atoms with E-state index >= 15 is 0 Å². The second-order valence-electron chi connectivity index (χ2n) is 6.40. The van der Waals surface area contributed by atoms with Crippen LogP contribution in [0.15, 0.2) is 53.6 Å². The molecule has 0 spiro atoms. The van der Waals surface area contributed by atoms with E-state index in [1.165, 1.54) is 35.7 Å². The van der Waals surface area contributed by atoms with Gasteiger partial charge in [-0.2, -0.15) is 9.61 Å². The number of anilines is 1. The minimum atomic E-state index is -0.784. The van der Waals surface area contributed by atoms with E-state index in [2.05, 4.69) is 36.8 Å². The van der Waals surface area contributed by atoms with Crippen molar-refractivity contribution in [3.05, 3.63) is 60.3 Å². The average Bonchev–Trinajstić information content (AvgIpc) is 3.19. The van der Waals surface area contributed by atoms with Crippen molar-refractivity contribution in [2.45, 2.75) is 17.9 Å². The van der Waals surface area contributed by atoms with Gasteiger partial charge in [-0.25, -0.2) is 9.37 Å².